The molecule has 1 aliphatic rings. The molecule has 1 aliphatic carbocycles. The third kappa shape index (κ3) is 1.92. The van der Waals surface area contributed by atoms with Gasteiger partial charge in [-0.05, 0) is 12.8 Å². The van der Waals surface area contributed by atoms with Crippen LogP contribution in [0.25, 0.3) is 0 Å². The van der Waals surface area contributed by atoms with Crippen molar-refractivity contribution in [3.8, 4) is 0 Å². The lowest BCUT2D eigenvalue weighted by Gasteiger charge is -2.16. The zero-order chi connectivity index (χ0) is 12.4. The van der Waals surface area contributed by atoms with Gasteiger partial charge in [-0.25, -0.2) is 9.78 Å². The maximum Gasteiger partial charge on any atom is 0.360 e. The van der Waals surface area contributed by atoms with Crippen molar-refractivity contribution in [2.45, 2.75) is 32.2 Å². The van der Waals surface area contributed by atoms with Crippen molar-refractivity contribution in [2.24, 2.45) is 0 Å². The fourth-order valence-electron chi connectivity index (χ4n) is 2.21. The Balaban J connectivity index is 2.42. The molecule has 2 rings (SSSR count). The van der Waals surface area contributed by atoms with Crippen molar-refractivity contribution >= 4 is 11.8 Å². The first-order valence-corrected chi connectivity index (χ1v) is 5.78. The van der Waals surface area contributed by atoms with Crippen LogP contribution in [0.1, 0.15) is 42.1 Å². The summed E-state index contributed by atoms with van der Waals surface area (Å²) in [6, 6.07) is 0.288. The van der Waals surface area contributed by atoms with E-state index in [4.69, 9.17) is 5.73 Å². The second-order valence-corrected chi connectivity index (χ2v) is 4.07. The van der Waals surface area contributed by atoms with E-state index in [0.29, 0.717) is 5.82 Å². The van der Waals surface area contributed by atoms with Gasteiger partial charge in [0.05, 0.1) is 7.11 Å². The molecule has 1 aromatic rings. The van der Waals surface area contributed by atoms with Gasteiger partial charge in [0.25, 0.3) is 0 Å². The molecule has 17 heavy (non-hydrogen) atoms. The fraction of sp³-hybridized carbons (Fsp3) is 0.500. The van der Waals surface area contributed by atoms with Crippen LogP contribution in [0.2, 0.25) is 0 Å². The zero-order valence-electron chi connectivity index (χ0n) is 10.1. The summed E-state index contributed by atoms with van der Waals surface area (Å²) in [5, 5.41) is 0. The number of hydrogen-bond acceptors (Lipinski definition) is 4. The Kier molecular flexibility index (Phi) is 3.17. The summed E-state index contributed by atoms with van der Waals surface area (Å²) < 4.78 is 6.65. The van der Waals surface area contributed by atoms with Crippen LogP contribution in [0.4, 0.5) is 5.82 Å². The number of allylic oxidation sites excluding steroid dienone is 2. The molecular formula is C12H17N3O2. The number of carbonyl (C=O) groups is 1. The van der Waals surface area contributed by atoms with Crippen LogP contribution in [0.15, 0.2) is 12.2 Å². The monoisotopic (exact) mass is 235 g/mol. The van der Waals surface area contributed by atoms with Crippen molar-refractivity contribution in [3.05, 3.63) is 23.7 Å². The number of hydrogen-bond donors (Lipinski definition) is 1. The molecule has 0 unspecified atom stereocenters. The Morgan fingerprint density at radius 1 is 1.59 bits per heavy atom. The average molecular weight is 235 g/mol. The third-order valence-electron chi connectivity index (χ3n) is 3.06. The topological polar surface area (TPSA) is 70.1 Å². The molecule has 1 aromatic heterocycles. The van der Waals surface area contributed by atoms with Gasteiger partial charge in [0.15, 0.2) is 5.69 Å². The second-order valence-electron chi connectivity index (χ2n) is 4.07. The first-order chi connectivity index (χ1) is 8.19. The van der Waals surface area contributed by atoms with Crippen LogP contribution in [-0.2, 0) is 11.2 Å². The van der Waals surface area contributed by atoms with E-state index in [1.54, 1.807) is 0 Å². The highest BCUT2D eigenvalue weighted by molar-refractivity contribution is 5.92. The van der Waals surface area contributed by atoms with Crippen molar-refractivity contribution in [1.82, 2.24) is 9.55 Å². The molecule has 0 aliphatic heterocycles. The number of nitrogens with zero attached hydrogens (tertiary/aromatic N) is 2. The third-order valence-corrected chi connectivity index (χ3v) is 3.06. The Morgan fingerprint density at radius 3 is 2.76 bits per heavy atom. The number of nitrogens with two attached hydrogens (primary N) is 1. The Bertz CT molecular complexity index is 455. The van der Waals surface area contributed by atoms with Gasteiger partial charge >= 0.3 is 5.97 Å². The minimum atomic E-state index is -0.470. The number of methoxy groups -OCH3 is 1. The lowest BCUT2D eigenvalue weighted by Crippen LogP contribution is -2.13. The maximum atomic E-state index is 11.5. The summed E-state index contributed by atoms with van der Waals surface area (Å²) in [6.07, 6.45) is 6.88. The number of esters is 1. The molecule has 2 N–H and O–H groups in total. The molecule has 0 aromatic carbocycles. The van der Waals surface area contributed by atoms with E-state index in [2.05, 4.69) is 21.9 Å². The number of ether oxygens (including phenoxy) is 1. The van der Waals surface area contributed by atoms with Gasteiger partial charge in [-0.2, -0.15) is 0 Å². The first kappa shape index (κ1) is 11.7. The molecule has 0 bridgehead atoms. The molecule has 0 amide bonds. The molecule has 0 atom stereocenters. The maximum absolute atomic E-state index is 11.5. The fourth-order valence-corrected chi connectivity index (χ4v) is 2.21. The Morgan fingerprint density at radius 2 is 2.24 bits per heavy atom. The molecule has 0 saturated carbocycles. The van der Waals surface area contributed by atoms with Crippen molar-refractivity contribution in [1.29, 1.82) is 0 Å². The zero-order valence-corrected chi connectivity index (χ0v) is 10.1. The number of aromatic nitrogens is 2. The normalized spacial score (nSPS) is 15.4. The Hall–Kier alpha value is -1.78. The van der Waals surface area contributed by atoms with Crippen LogP contribution >= 0.6 is 0 Å². The quantitative estimate of drug-likeness (QED) is 0.639. The predicted molar refractivity (Wildman–Crippen MR) is 64.8 cm³/mol. The Labute approximate surface area is 100 Å². The number of aryl methyl sites for hydroxylation is 1. The summed E-state index contributed by atoms with van der Waals surface area (Å²) >= 11 is 0. The van der Waals surface area contributed by atoms with Crippen LogP contribution in [0.5, 0.6) is 0 Å². The summed E-state index contributed by atoms with van der Waals surface area (Å²) in [4.78, 5) is 15.8. The molecule has 5 heteroatoms. The number of nitrogen functional groups attached to an aromatic ring is 1. The molecule has 5 nitrogen and oxygen atoms in total. The standard InChI is InChI=1S/C12H17N3O2/c1-3-9-14-10(12(16)17-2)11(13)15(9)8-6-4-5-7-8/h4-5,8H,3,6-7,13H2,1-2H3. The lowest BCUT2D eigenvalue weighted by atomic mass is 10.2. The van der Waals surface area contributed by atoms with E-state index >= 15 is 0 Å². The van der Waals surface area contributed by atoms with Gasteiger partial charge in [-0.1, -0.05) is 19.1 Å². The van der Waals surface area contributed by atoms with Crippen LogP contribution in [0, 0.1) is 0 Å². The van der Waals surface area contributed by atoms with E-state index in [-0.39, 0.29) is 11.7 Å². The largest absolute Gasteiger partial charge is 0.464 e. The summed E-state index contributed by atoms with van der Waals surface area (Å²) in [5.41, 5.74) is 6.24. The highest BCUT2D eigenvalue weighted by atomic mass is 16.5. The van der Waals surface area contributed by atoms with E-state index in [1.165, 1.54) is 7.11 Å². The molecule has 0 saturated heterocycles. The minimum absolute atomic E-state index is 0.233. The van der Waals surface area contributed by atoms with Gasteiger partial charge in [-0.3, -0.25) is 0 Å². The van der Waals surface area contributed by atoms with Crippen LogP contribution < -0.4 is 5.73 Å². The number of carbonyl (C=O) groups excluding carboxylic acids is 1. The average Bonchev–Trinajstić information content (AvgIpc) is 2.95. The molecule has 1 heterocycles. The lowest BCUT2D eigenvalue weighted by molar-refractivity contribution is 0.0595. The van der Waals surface area contributed by atoms with Crippen LogP contribution in [-0.4, -0.2) is 22.6 Å². The molecule has 0 radical (unpaired) electrons. The van der Waals surface area contributed by atoms with Gasteiger partial charge in [0, 0.05) is 12.5 Å². The molecule has 0 spiro atoms. The van der Waals surface area contributed by atoms with Gasteiger partial charge < -0.3 is 15.0 Å². The first-order valence-electron chi connectivity index (χ1n) is 5.78. The number of rotatable bonds is 3. The van der Waals surface area contributed by atoms with Gasteiger partial charge in [0.1, 0.15) is 11.6 Å². The van der Waals surface area contributed by atoms with E-state index in [0.717, 1.165) is 25.1 Å². The molecular weight excluding hydrogens is 218 g/mol. The van der Waals surface area contributed by atoms with E-state index in [1.807, 2.05) is 11.5 Å². The van der Waals surface area contributed by atoms with Crippen molar-refractivity contribution in [3.63, 3.8) is 0 Å². The molecule has 92 valence electrons. The van der Waals surface area contributed by atoms with Gasteiger partial charge in [-0.15, -0.1) is 0 Å². The number of imidazole rings is 1. The summed E-state index contributed by atoms with van der Waals surface area (Å²) in [7, 11) is 1.34. The van der Waals surface area contributed by atoms with Crippen molar-refractivity contribution in [2.75, 3.05) is 12.8 Å². The van der Waals surface area contributed by atoms with E-state index in [9.17, 15) is 4.79 Å². The van der Waals surface area contributed by atoms with E-state index < -0.39 is 5.97 Å². The van der Waals surface area contributed by atoms with Crippen molar-refractivity contribution < 1.29 is 9.53 Å². The molecule has 0 fully saturated rings. The highest BCUT2D eigenvalue weighted by Gasteiger charge is 2.25. The smallest absolute Gasteiger partial charge is 0.360 e. The van der Waals surface area contributed by atoms with Gasteiger partial charge in [0.2, 0.25) is 0 Å². The summed E-state index contributed by atoms with van der Waals surface area (Å²) in [6.45, 7) is 2.00. The predicted octanol–water partition coefficient (Wildman–Crippen LogP) is 1.71. The van der Waals surface area contributed by atoms with Crippen LogP contribution in [0.3, 0.4) is 0 Å². The minimum Gasteiger partial charge on any atom is -0.464 e. The summed E-state index contributed by atoms with van der Waals surface area (Å²) in [5.74, 6) is 0.793. The SMILES string of the molecule is CCc1nc(C(=O)OC)c(N)n1C1CC=CC1. The second kappa shape index (κ2) is 4.61. The number of anilines is 1. The highest BCUT2D eigenvalue weighted by Crippen LogP contribution is 2.30.